The van der Waals surface area contributed by atoms with Crippen LogP contribution in [0.25, 0.3) is 11.2 Å². The summed E-state index contributed by atoms with van der Waals surface area (Å²) in [5.41, 5.74) is 1.70. The van der Waals surface area contributed by atoms with E-state index in [1.165, 1.54) is 4.88 Å². The second kappa shape index (κ2) is 5.42. The van der Waals surface area contributed by atoms with Gasteiger partial charge in [-0.15, -0.1) is 22.9 Å². The van der Waals surface area contributed by atoms with Gasteiger partial charge in [0.2, 0.25) is 0 Å². The Labute approximate surface area is 134 Å². The highest BCUT2D eigenvalue weighted by atomic mass is 79.9. The molecule has 0 aromatic carbocycles. The number of rotatable bonds is 3. The lowest BCUT2D eigenvalue weighted by Crippen LogP contribution is -2.05. The SMILES string of the molecule is Cc1ncc(Cn2c(C(C)Cl)nc3cc(Br)cnc32)s1. The van der Waals surface area contributed by atoms with Gasteiger partial charge >= 0.3 is 0 Å². The van der Waals surface area contributed by atoms with Crippen LogP contribution in [0.4, 0.5) is 0 Å². The van der Waals surface area contributed by atoms with E-state index in [-0.39, 0.29) is 5.38 Å². The van der Waals surface area contributed by atoms with Crippen LogP contribution in [0.2, 0.25) is 0 Å². The van der Waals surface area contributed by atoms with Crippen molar-refractivity contribution < 1.29 is 0 Å². The van der Waals surface area contributed by atoms with E-state index >= 15 is 0 Å². The average molecular weight is 372 g/mol. The molecular weight excluding hydrogens is 360 g/mol. The number of halogens is 2. The molecule has 0 saturated heterocycles. The first-order valence-electron chi connectivity index (χ1n) is 6.11. The van der Waals surface area contributed by atoms with Crippen molar-refractivity contribution in [2.24, 2.45) is 0 Å². The Hall–Kier alpha value is -0.980. The molecule has 0 N–H and O–H groups in total. The first-order valence-corrected chi connectivity index (χ1v) is 8.16. The third-order valence-corrected chi connectivity index (χ3v) is 4.45. The van der Waals surface area contributed by atoms with Crippen molar-refractivity contribution >= 4 is 50.0 Å². The molecule has 0 aliphatic heterocycles. The standard InChI is InChI=1S/C13H12BrClN4S/c1-7(15)12-18-11-3-9(14)4-17-13(11)19(12)6-10-5-16-8(2)20-10/h3-5,7H,6H2,1-2H3. The molecule has 104 valence electrons. The molecule has 1 unspecified atom stereocenters. The quantitative estimate of drug-likeness (QED) is 0.644. The van der Waals surface area contributed by atoms with Crippen molar-refractivity contribution in [2.75, 3.05) is 0 Å². The summed E-state index contributed by atoms with van der Waals surface area (Å²) in [6.07, 6.45) is 3.68. The highest BCUT2D eigenvalue weighted by Gasteiger charge is 2.17. The monoisotopic (exact) mass is 370 g/mol. The number of thiazole rings is 1. The van der Waals surface area contributed by atoms with E-state index in [4.69, 9.17) is 11.6 Å². The highest BCUT2D eigenvalue weighted by Crippen LogP contribution is 2.27. The molecule has 3 aromatic heterocycles. The Morgan fingerprint density at radius 1 is 1.40 bits per heavy atom. The number of aryl methyl sites for hydroxylation is 1. The number of alkyl halides is 1. The van der Waals surface area contributed by atoms with Gasteiger partial charge in [0.25, 0.3) is 0 Å². The van der Waals surface area contributed by atoms with Crippen molar-refractivity contribution in [3.63, 3.8) is 0 Å². The highest BCUT2D eigenvalue weighted by molar-refractivity contribution is 9.10. The fraction of sp³-hybridized carbons (Fsp3) is 0.308. The summed E-state index contributed by atoms with van der Waals surface area (Å²) < 4.78 is 2.98. The van der Waals surface area contributed by atoms with Crippen LogP contribution in [0.3, 0.4) is 0 Å². The molecule has 3 rings (SSSR count). The molecule has 0 amide bonds. The predicted molar refractivity (Wildman–Crippen MR) is 85.4 cm³/mol. The van der Waals surface area contributed by atoms with E-state index in [9.17, 15) is 0 Å². The van der Waals surface area contributed by atoms with Gasteiger partial charge in [-0.1, -0.05) is 0 Å². The normalized spacial score (nSPS) is 13.0. The minimum absolute atomic E-state index is 0.169. The van der Waals surface area contributed by atoms with Crippen LogP contribution in [0.1, 0.15) is 28.0 Å². The number of fused-ring (bicyclic) bond motifs is 1. The van der Waals surface area contributed by atoms with E-state index in [0.717, 1.165) is 26.5 Å². The van der Waals surface area contributed by atoms with Crippen molar-refractivity contribution in [3.05, 3.63) is 38.6 Å². The van der Waals surface area contributed by atoms with Crippen LogP contribution in [0.5, 0.6) is 0 Å². The fourth-order valence-corrected chi connectivity index (χ4v) is 3.37. The van der Waals surface area contributed by atoms with E-state index in [2.05, 4.69) is 35.4 Å². The van der Waals surface area contributed by atoms with Crippen LogP contribution in [-0.2, 0) is 6.54 Å². The lowest BCUT2D eigenvalue weighted by atomic mass is 10.4. The molecule has 0 fully saturated rings. The summed E-state index contributed by atoms with van der Waals surface area (Å²) >= 11 is 11.4. The third-order valence-electron chi connectivity index (χ3n) is 2.92. The Bertz CT molecular complexity index is 765. The van der Waals surface area contributed by atoms with Crippen molar-refractivity contribution in [1.29, 1.82) is 0 Å². The van der Waals surface area contributed by atoms with Gasteiger partial charge in [-0.25, -0.2) is 15.0 Å². The smallest absolute Gasteiger partial charge is 0.160 e. The van der Waals surface area contributed by atoms with Crippen LogP contribution >= 0.6 is 38.9 Å². The first kappa shape index (κ1) is 14.0. The van der Waals surface area contributed by atoms with Crippen LogP contribution in [-0.4, -0.2) is 19.5 Å². The van der Waals surface area contributed by atoms with Gasteiger partial charge in [0.05, 0.1) is 16.9 Å². The maximum atomic E-state index is 6.26. The number of nitrogens with zero attached hydrogens (tertiary/aromatic N) is 4. The Morgan fingerprint density at radius 2 is 2.20 bits per heavy atom. The maximum absolute atomic E-state index is 6.26. The molecule has 4 nitrogen and oxygen atoms in total. The molecule has 1 atom stereocenters. The van der Waals surface area contributed by atoms with Crippen LogP contribution in [0.15, 0.2) is 22.9 Å². The second-order valence-corrected chi connectivity index (χ2v) is 7.40. The molecule has 20 heavy (non-hydrogen) atoms. The summed E-state index contributed by atoms with van der Waals surface area (Å²) in [6.45, 7) is 4.62. The molecule has 7 heteroatoms. The second-order valence-electron chi connectivity index (χ2n) is 4.51. The Balaban J connectivity index is 2.13. The van der Waals surface area contributed by atoms with Gasteiger partial charge in [0, 0.05) is 21.7 Å². The first-order chi connectivity index (χ1) is 9.54. The Kier molecular flexibility index (Phi) is 3.79. The largest absolute Gasteiger partial charge is 0.306 e. The zero-order chi connectivity index (χ0) is 14.3. The number of hydrogen-bond acceptors (Lipinski definition) is 4. The lowest BCUT2D eigenvalue weighted by molar-refractivity contribution is 0.743. The number of pyridine rings is 1. The van der Waals surface area contributed by atoms with Crippen LogP contribution in [0, 0.1) is 6.92 Å². The molecule has 0 bridgehead atoms. The minimum atomic E-state index is -0.169. The molecule has 0 aliphatic rings. The summed E-state index contributed by atoms with van der Waals surface area (Å²) in [4.78, 5) is 14.5. The summed E-state index contributed by atoms with van der Waals surface area (Å²) in [5, 5.41) is 0.887. The molecule has 0 radical (unpaired) electrons. The molecule has 3 aromatic rings. The zero-order valence-corrected chi connectivity index (χ0v) is 14.1. The zero-order valence-electron chi connectivity index (χ0n) is 11.0. The van der Waals surface area contributed by atoms with E-state index in [0.29, 0.717) is 6.54 Å². The van der Waals surface area contributed by atoms with Crippen molar-refractivity contribution in [1.82, 2.24) is 19.5 Å². The molecular formula is C13H12BrClN4S. The van der Waals surface area contributed by atoms with Gasteiger partial charge in [-0.05, 0) is 35.8 Å². The average Bonchev–Trinajstić information content (AvgIpc) is 2.94. The maximum Gasteiger partial charge on any atom is 0.160 e. The summed E-state index contributed by atoms with van der Waals surface area (Å²) in [5.74, 6) is 0.832. The lowest BCUT2D eigenvalue weighted by Gasteiger charge is -2.08. The minimum Gasteiger partial charge on any atom is -0.306 e. The molecule has 0 aliphatic carbocycles. The van der Waals surface area contributed by atoms with E-state index in [1.54, 1.807) is 17.5 Å². The number of hydrogen-bond donors (Lipinski definition) is 0. The predicted octanol–water partition coefficient (Wildman–Crippen LogP) is 4.31. The molecule has 3 heterocycles. The molecule has 0 spiro atoms. The van der Waals surface area contributed by atoms with Gasteiger partial charge in [-0.2, -0.15) is 0 Å². The third kappa shape index (κ3) is 2.60. The fourth-order valence-electron chi connectivity index (χ4n) is 2.10. The van der Waals surface area contributed by atoms with E-state index < -0.39 is 0 Å². The van der Waals surface area contributed by atoms with Crippen molar-refractivity contribution in [2.45, 2.75) is 25.8 Å². The molecule has 0 saturated carbocycles. The summed E-state index contributed by atoms with van der Waals surface area (Å²) in [6, 6.07) is 1.96. The van der Waals surface area contributed by atoms with Gasteiger partial charge < -0.3 is 4.57 Å². The number of imidazole rings is 1. The van der Waals surface area contributed by atoms with Gasteiger partial charge in [0.15, 0.2) is 5.65 Å². The van der Waals surface area contributed by atoms with E-state index in [1.807, 2.05) is 26.1 Å². The van der Waals surface area contributed by atoms with Crippen LogP contribution < -0.4 is 0 Å². The van der Waals surface area contributed by atoms with Gasteiger partial charge in [0.1, 0.15) is 11.3 Å². The van der Waals surface area contributed by atoms with Gasteiger partial charge in [-0.3, -0.25) is 0 Å². The Morgan fingerprint density at radius 3 is 2.85 bits per heavy atom. The summed E-state index contributed by atoms with van der Waals surface area (Å²) in [7, 11) is 0. The topological polar surface area (TPSA) is 43.6 Å². The van der Waals surface area contributed by atoms with Crippen molar-refractivity contribution in [3.8, 4) is 0 Å². The number of aromatic nitrogens is 4.